The van der Waals surface area contributed by atoms with Crippen LogP contribution < -0.4 is 0 Å². The molecule has 0 unspecified atom stereocenters. The number of nitrogens with zero attached hydrogens (tertiary/aromatic N) is 3. The summed E-state index contributed by atoms with van der Waals surface area (Å²) in [6.07, 6.45) is 0.476. The molecule has 0 bridgehead atoms. The van der Waals surface area contributed by atoms with Crippen molar-refractivity contribution < 1.29 is 23.7 Å². The Bertz CT molecular complexity index is 717. The normalized spacial score (nSPS) is 13.5. The highest BCUT2D eigenvalue weighted by molar-refractivity contribution is 6.21. The van der Waals surface area contributed by atoms with Crippen LogP contribution in [0.25, 0.3) is 0 Å². The molecule has 0 aliphatic carbocycles. The molecule has 21 heavy (non-hydrogen) atoms. The van der Waals surface area contributed by atoms with Gasteiger partial charge in [0.05, 0.1) is 11.1 Å². The van der Waals surface area contributed by atoms with Crippen molar-refractivity contribution in [3.8, 4) is 0 Å². The van der Waals surface area contributed by atoms with Crippen LogP contribution in [0.2, 0.25) is 0 Å². The first-order valence-corrected chi connectivity index (χ1v) is 6.14. The highest BCUT2D eigenvalue weighted by Gasteiger charge is 2.39. The highest BCUT2D eigenvalue weighted by Crippen LogP contribution is 2.23. The van der Waals surface area contributed by atoms with E-state index < -0.39 is 23.7 Å². The summed E-state index contributed by atoms with van der Waals surface area (Å²) in [6, 6.07) is 6.18. The van der Waals surface area contributed by atoms with E-state index in [0.29, 0.717) is 17.3 Å². The minimum absolute atomic E-state index is 0.176. The number of hydroxylamine groups is 2. The highest BCUT2D eigenvalue weighted by atomic mass is 16.7. The third-order valence-corrected chi connectivity index (χ3v) is 2.89. The van der Waals surface area contributed by atoms with Crippen LogP contribution in [0.5, 0.6) is 0 Å². The maximum absolute atomic E-state index is 12.0. The van der Waals surface area contributed by atoms with Crippen molar-refractivity contribution in [2.75, 3.05) is 0 Å². The quantitative estimate of drug-likeness (QED) is 0.776. The molecule has 0 fully saturated rings. The van der Waals surface area contributed by atoms with E-state index in [1.807, 2.05) is 0 Å². The Morgan fingerprint density at radius 2 is 1.86 bits per heavy atom. The zero-order valence-electron chi connectivity index (χ0n) is 10.9. The van der Waals surface area contributed by atoms with Gasteiger partial charge in [0.2, 0.25) is 0 Å². The molecule has 3 rings (SSSR count). The van der Waals surface area contributed by atoms with Gasteiger partial charge in [-0.25, -0.2) is 4.79 Å². The Morgan fingerprint density at radius 1 is 1.24 bits per heavy atom. The van der Waals surface area contributed by atoms with E-state index in [1.165, 1.54) is 12.1 Å². The maximum atomic E-state index is 12.0. The van der Waals surface area contributed by atoms with Crippen LogP contribution in [-0.2, 0) is 11.3 Å². The molecule has 0 atom stereocenters. The van der Waals surface area contributed by atoms with Gasteiger partial charge >= 0.3 is 11.9 Å². The lowest BCUT2D eigenvalue weighted by atomic mass is 10.1. The molecule has 1 aromatic heterocycles. The van der Waals surface area contributed by atoms with Gasteiger partial charge in [0.1, 0.15) is 0 Å². The lowest BCUT2D eigenvalue weighted by Crippen LogP contribution is -2.32. The van der Waals surface area contributed by atoms with E-state index >= 15 is 0 Å². The van der Waals surface area contributed by atoms with E-state index in [1.54, 1.807) is 19.1 Å². The van der Waals surface area contributed by atoms with Gasteiger partial charge < -0.3 is 9.36 Å². The van der Waals surface area contributed by atoms with Crippen molar-refractivity contribution >= 4 is 17.8 Å². The Hall–Kier alpha value is -3.03. The summed E-state index contributed by atoms with van der Waals surface area (Å²) in [7, 11) is 0. The molecule has 0 N–H and O–H groups in total. The summed E-state index contributed by atoms with van der Waals surface area (Å²) >= 11 is 0. The van der Waals surface area contributed by atoms with Crippen LogP contribution in [0.15, 0.2) is 28.8 Å². The zero-order chi connectivity index (χ0) is 15.0. The molecule has 0 saturated heterocycles. The molecule has 8 heteroatoms. The number of benzene rings is 1. The lowest BCUT2D eigenvalue weighted by Gasteiger charge is -2.10. The number of aromatic nitrogens is 2. The number of imide groups is 1. The van der Waals surface area contributed by atoms with Gasteiger partial charge in [0.15, 0.2) is 5.82 Å². The van der Waals surface area contributed by atoms with Crippen LogP contribution in [0.4, 0.5) is 0 Å². The van der Waals surface area contributed by atoms with Gasteiger partial charge in [-0.2, -0.15) is 4.98 Å². The second-order valence-electron chi connectivity index (χ2n) is 4.20. The first-order chi connectivity index (χ1) is 10.1. The van der Waals surface area contributed by atoms with Crippen LogP contribution >= 0.6 is 0 Å². The van der Waals surface area contributed by atoms with E-state index in [4.69, 9.17) is 9.36 Å². The predicted octanol–water partition coefficient (Wildman–Crippen LogP) is 1.00. The van der Waals surface area contributed by atoms with Crippen molar-refractivity contribution in [2.24, 2.45) is 0 Å². The molecule has 1 aliphatic heterocycles. The summed E-state index contributed by atoms with van der Waals surface area (Å²) in [5.41, 5.74) is 0.352. The average Bonchev–Trinajstić information content (AvgIpc) is 3.07. The maximum Gasteiger partial charge on any atom is 0.422 e. The molecule has 1 aliphatic rings. The summed E-state index contributed by atoms with van der Waals surface area (Å²) in [5.74, 6) is -2.57. The molecule has 2 heterocycles. The summed E-state index contributed by atoms with van der Waals surface area (Å²) in [5, 5.41) is 3.92. The molecule has 106 valence electrons. The van der Waals surface area contributed by atoms with E-state index in [9.17, 15) is 14.4 Å². The molecule has 0 radical (unpaired) electrons. The van der Waals surface area contributed by atoms with Gasteiger partial charge in [-0.15, -0.1) is 0 Å². The first-order valence-electron chi connectivity index (χ1n) is 6.14. The molecular formula is C13H9N3O5. The minimum atomic E-state index is -1.06. The second kappa shape index (κ2) is 4.82. The summed E-state index contributed by atoms with van der Waals surface area (Å²) < 4.78 is 4.69. The monoisotopic (exact) mass is 287 g/mol. The number of rotatable bonds is 3. The number of hydrogen-bond donors (Lipinski definition) is 0. The molecule has 2 aromatic rings. The number of carbonyl (C=O) groups is 3. The number of fused-ring (bicyclic) bond motifs is 1. The largest absolute Gasteiger partial charge is 0.422 e. The minimum Gasteiger partial charge on any atom is -0.326 e. The fourth-order valence-electron chi connectivity index (χ4n) is 1.85. The topological polar surface area (TPSA) is 103 Å². The molecule has 0 saturated carbocycles. The van der Waals surface area contributed by atoms with Gasteiger partial charge in [-0.1, -0.05) is 29.3 Å². The van der Waals surface area contributed by atoms with Crippen molar-refractivity contribution in [3.05, 3.63) is 47.1 Å². The number of amides is 2. The van der Waals surface area contributed by atoms with Gasteiger partial charge in [-0.05, 0) is 12.1 Å². The Morgan fingerprint density at radius 3 is 2.38 bits per heavy atom. The van der Waals surface area contributed by atoms with E-state index in [0.717, 1.165) is 0 Å². The molecule has 1 aromatic carbocycles. The summed E-state index contributed by atoms with van der Waals surface area (Å²) in [4.78, 5) is 44.3. The summed E-state index contributed by atoms with van der Waals surface area (Å²) in [6.45, 7) is 1.78. The van der Waals surface area contributed by atoms with Crippen molar-refractivity contribution in [3.63, 3.8) is 0 Å². The Labute approximate surface area is 118 Å². The number of carbonyl (C=O) groups excluding carboxylic acids is 3. The Balaban J connectivity index is 1.82. The van der Waals surface area contributed by atoms with E-state index in [2.05, 4.69) is 10.1 Å². The standard InChI is InChI=1S/C13H9N3O5/c1-2-9-14-10(20-15-9)13(19)21-16-11(17)7-5-3-4-6-8(7)12(16)18/h3-6H,2H2,1H3. The Kier molecular flexibility index (Phi) is 2.98. The van der Waals surface area contributed by atoms with Gasteiger partial charge in [0, 0.05) is 6.42 Å². The molecular weight excluding hydrogens is 278 g/mol. The van der Waals surface area contributed by atoms with E-state index in [-0.39, 0.29) is 11.1 Å². The van der Waals surface area contributed by atoms with Crippen molar-refractivity contribution in [2.45, 2.75) is 13.3 Å². The third kappa shape index (κ3) is 2.06. The van der Waals surface area contributed by atoms with Crippen molar-refractivity contribution in [1.29, 1.82) is 0 Å². The fourth-order valence-corrected chi connectivity index (χ4v) is 1.85. The fraction of sp³-hybridized carbons (Fsp3) is 0.154. The predicted molar refractivity (Wildman–Crippen MR) is 66.0 cm³/mol. The third-order valence-electron chi connectivity index (χ3n) is 2.89. The average molecular weight is 287 g/mol. The van der Waals surface area contributed by atoms with Crippen LogP contribution in [0.1, 0.15) is 44.1 Å². The number of aryl methyl sites for hydroxylation is 1. The van der Waals surface area contributed by atoms with Gasteiger partial charge in [-0.3, -0.25) is 9.59 Å². The number of hydrogen-bond acceptors (Lipinski definition) is 7. The van der Waals surface area contributed by atoms with Crippen LogP contribution in [-0.4, -0.2) is 33.0 Å². The molecule has 2 amide bonds. The zero-order valence-corrected chi connectivity index (χ0v) is 10.9. The van der Waals surface area contributed by atoms with Crippen molar-refractivity contribution in [1.82, 2.24) is 15.2 Å². The van der Waals surface area contributed by atoms with Gasteiger partial charge in [0.25, 0.3) is 11.8 Å². The first kappa shape index (κ1) is 13.0. The SMILES string of the molecule is CCc1noc(C(=O)ON2C(=O)c3ccccc3C2=O)n1. The smallest absolute Gasteiger partial charge is 0.326 e. The molecule has 0 spiro atoms. The molecule has 8 nitrogen and oxygen atoms in total. The second-order valence-corrected chi connectivity index (χ2v) is 4.20. The lowest BCUT2D eigenvalue weighted by molar-refractivity contribution is -0.0612. The van der Waals surface area contributed by atoms with Crippen LogP contribution in [0.3, 0.4) is 0 Å². The van der Waals surface area contributed by atoms with Crippen LogP contribution in [0, 0.1) is 0 Å².